The van der Waals surface area contributed by atoms with Crippen LogP contribution >= 0.6 is 11.3 Å². The molecule has 6 nitrogen and oxygen atoms in total. The van der Waals surface area contributed by atoms with Gasteiger partial charge in [-0.2, -0.15) is 0 Å². The lowest BCUT2D eigenvalue weighted by Crippen LogP contribution is -2.35. The number of hydrogen-bond acceptors (Lipinski definition) is 5. The monoisotopic (exact) mass is 423 g/mol. The number of aryl methyl sites for hydroxylation is 1. The summed E-state index contributed by atoms with van der Waals surface area (Å²) in [6, 6.07) is 8.41. The minimum atomic E-state index is 0.0352. The maximum Gasteiger partial charge on any atom is 0.290 e. The summed E-state index contributed by atoms with van der Waals surface area (Å²) in [4.78, 5) is 21.4. The Labute approximate surface area is 180 Å². The standard InChI is InChI=1S/C23H25N3O3S/c1-14-6-4-9-25(14)23(27)22-24-20(19-7-5-11-30-19)21-16-13-18(29-3)17(28-2)12-15(16)8-10-26(21)22/h5,7,11-14H,4,6,8-10H2,1-3H3. The van der Waals surface area contributed by atoms with E-state index in [0.717, 1.165) is 59.9 Å². The molecule has 156 valence electrons. The fourth-order valence-corrected chi connectivity index (χ4v) is 5.35. The molecule has 1 atom stereocenters. The maximum atomic E-state index is 13.4. The number of thiophene rings is 1. The van der Waals surface area contributed by atoms with Crippen molar-refractivity contribution < 1.29 is 14.3 Å². The van der Waals surface area contributed by atoms with E-state index in [-0.39, 0.29) is 11.9 Å². The molecule has 3 aromatic rings. The lowest BCUT2D eigenvalue weighted by molar-refractivity contribution is 0.0730. The highest BCUT2D eigenvalue weighted by Crippen LogP contribution is 2.44. The second-order valence-electron chi connectivity index (χ2n) is 7.87. The molecule has 0 aliphatic carbocycles. The van der Waals surface area contributed by atoms with E-state index in [1.807, 2.05) is 28.5 Å². The molecule has 5 rings (SSSR count). The summed E-state index contributed by atoms with van der Waals surface area (Å²) in [6.45, 7) is 3.65. The number of amides is 1. The Morgan fingerprint density at radius 2 is 2.00 bits per heavy atom. The van der Waals surface area contributed by atoms with Gasteiger partial charge in [-0.15, -0.1) is 11.3 Å². The number of rotatable bonds is 4. The van der Waals surface area contributed by atoms with Crippen LogP contribution in [0.4, 0.5) is 0 Å². The van der Waals surface area contributed by atoms with Gasteiger partial charge in [0.05, 0.1) is 24.8 Å². The van der Waals surface area contributed by atoms with Gasteiger partial charge in [-0.3, -0.25) is 4.79 Å². The van der Waals surface area contributed by atoms with Crippen LogP contribution in [0.5, 0.6) is 11.5 Å². The summed E-state index contributed by atoms with van der Waals surface area (Å²) >= 11 is 1.64. The number of ether oxygens (including phenoxy) is 2. The van der Waals surface area contributed by atoms with E-state index in [4.69, 9.17) is 14.5 Å². The van der Waals surface area contributed by atoms with E-state index in [1.54, 1.807) is 25.6 Å². The quantitative estimate of drug-likeness (QED) is 0.621. The Morgan fingerprint density at radius 1 is 1.20 bits per heavy atom. The Hall–Kier alpha value is -2.80. The Bertz CT molecular complexity index is 1100. The Morgan fingerprint density at radius 3 is 2.67 bits per heavy atom. The molecule has 0 spiro atoms. The van der Waals surface area contributed by atoms with E-state index in [1.165, 1.54) is 5.56 Å². The van der Waals surface area contributed by atoms with Crippen LogP contribution < -0.4 is 9.47 Å². The summed E-state index contributed by atoms with van der Waals surface area (Å²) < 4.78 is 13.2. The molecule has 1 aromatic carbocycles. The van der Waals surface area contributed by atoms with E-state index < -0.39 is 0 Å². The smallest absolute Gasteiger partial charge is 0.290 e. The summed E-state index contributed by atoms with van der Waals surface area (Å²) in [5, 5.41) is 2.05. The van der Waals surface area contributed by atoms with Gasteiger partial charge in [-0.05, 0) is 55.3 Å². The normalized spacial score (nSPS) is 17.6. The lowest BCUT2D eigenvalue weighted by atomic mass is 9.96. The molecule has 7 heteroatoms. The zero-order valence-electron chi connectivity index (χ0n) is 17.5. The fraction of sp³-hybridized carbons (Fsp3) is 0.391. The third-order valence-electron chi connectivity index (χ3n) is 6.20. The highest BCUT2D eigenvalue weighted by Gasteiger charge is 2.34. The van der Waals surface area contributed by atoms with Crippen molar-refractivity contribution in [3.8, 4) is 33.3 Å². The number of imidazole rings is 1. The van der Waals surface area contributed by atoms with Gasteiger partial charge >= 0.3 is 0 Å². The number of aromatic nitrogens is 2. The average Bonchev–Trinajstić information content (AvgIpc) is 3.51. The second kappa shape index (κ2) is 7.47. The molecule has 0 bridgehead atoms. The molecule has 2 aromatic heterocycles. The number of fused-ring (bicyclic) bond motifs is 3. The highest BCUT2D eigenvalue weighted by atomic mass is 32.1. The molecule has 1 saturated heterocycles. The van der Waals surface area contributed by atoms with Gasteiger partial charge in [-0.1, -0.05) is 6.07 Å². The van der Waals surface area contributed by atoms with Crippen LogP contribution in [0.25, 0.3) is 21.8 Å². The molecule has 4 heterocycles. The fourth-order valence-electron chi connectivity index (χ4n) is 4.64. The van der Waals surface area contributed by atoms with E-state index in [0.29, 0.717) is 11.6 Å². The zero-order chi connectivity index (χ0) is 20.8. The Kier molecular flexibility index (Phi) is 4.77. The molecular weight excluding hydrogens is 398 g/mol. The molecule has 30 heavy (non-hydrogen) atoms. The number of methoxy groups -OCH3 is 2. The molecule has 2 aliphatic rings. The zero-order valence-corrected chi connectivity index (χ0v) is 18.3. The first-order valence-electron chi connectivity index (χ1n) is 10.3. The molecule has 2 aliphatic heterocycles. The van der Waals surface area contributed by atoms with Crippen LogP contribution in [-0.2, 0) is 13.0 Å². The maximum absolute atomic E-state index is 13.4. The highest BCUT2D eigenvalue weighted by molar-refractivity contribution is 7.13. The van der Waals surface area contributed by atoms with Crippen LogP contribution in [0.1, 0.15) is 35.9 Å². The first kappa shape index (κ1) is 19.2. The van der Waals surface area contributed by atoms with E-state index >= 15 is 0 Å². The number of nitrogens with zero attached hydrogens (tertiary/aromatic N) is 3. The first-order chi connectivity index (χ1) is 14.6. The average molecular weight is 424 g/mol. The van der Waals surface area contributed by atoms with Gasteiger partial charge in [0.1, 0.15) is 5.69 Å². The number of carbonyl (C=O) groups excluding carboxylic acids is 1. The molecule has 1 fully saturated rings. The number of hydrogen-bond donors (Lipinski definition) is 0. The van der Waals surface area contributed by atoms with Crippen molar-refractivity contribution in [3.05, 3.63) is 41.0 Å². The van der Waals surface area contributed by atoms with E-state index in [2.05, 4.69) is 17.6 Å². The van der Waals surface area contributed by atoms with Gasteiger partial charge in [0.25, 0.3) is 5.91 Å². The van der Waals surface area contributed by atoms with Crippen molar-refractivity contribution in [1.82, 2.24) is 14.5 Å². The van der Waals surface area contributed by atoms with Crippen LogP contribution in [0.2, 0.25) is 0 Å². The minimum Gasteiger partial charge on any atom is -0.493 e. The first-order valence-corrected chi connectivity index (χ1v) is 11.2. The van der Waals surface area contributed by atoms with Gasteiger partial charge in [0, 0.05) is 24.7 Å². The summed E-state index contributed by atoms with van der Waals surface area (Å²) in [5.41, 5.74) is 4.11. The molecule has 0 N–H and O–H groups in total. The van der Waals surface area contributed by atoms with Crippen molar-refractivity contribution in [2.24, 2.45) is 0 Å². The second-order valence-corrected chi connectivity index (χ2v) is 8.81. The minimum absolute atomic E-state index is 0.0352. The summed E-state index contributed by atoms with van der Waals surface area (Å²) in [5.74, 6) is 1.99. The van der Waals surface area contributed by atoms with Gasteiger partial charge < -0.3 is 18.9 Å². The number of carbonyl (C=O) groups is 1. The molecule has 1 unspecified atom stereocenters. The predicted octanol–water partition coefficient (Wildman–Crippen LogP) is 4.48. The summed E-state index contributed by atoms with van der Waals surface area (Å²) in [7, 11) is 3.30. The van der Waals surface area contributed by atoms with Crippen molar-refractivity contribution in [2.75, 3.05) is 20.8 Å². The SMILES string of the molecule is COc1cc2c(cc1OC)-c1c(-c3cccs3)nc(C(=O)N3CCCC3C)n1CC2. The van der Waals surface area contributed by atoms with Crippen LogP contribution in [0.15, 0.2) is 29.6 Å². The summed E-state index contributed by atoms with van der Waals surface area (Å²) in [6.07, 6.45) is 2.92. The van der Waals surface area contributed by atoms with Crippen LogP contribution in [-0.4, -0.2) is 47.2 Å². The van der Waals surface area contributed by atoms with Crippen LogP contribution in [0, 0.1) is 0 Å². The number of likely N-dealkylation sites (tertiary alicyclic amines) is 1. The van der Waals surface area contributed by atoms with Crippen LogP contribution in [0.3, 0.4) is 0 Å². The predicted molar refractivity (Wildman–Crippen MR) is 118 cm³/mol. The van der Waals surface area contributed by atoms with Crippen molar-refractivity contribution in [1.29, 1.82) is 0 Å². The van der Waals surface area contributed by atoms with Gasteiger partial charge in [0.15, 0.2) is 17.3 Å². The van der Waals surface area contributed by atoms with Crippen molar-refractivity contribution in [2.45, 2.75) is 38.8 Å². The van der Waals surface area contributed by atoms with E-state index in [9.17, 15) is 4.79 Å². The molecule has 0 saturated carbocycles. The molecule has 1 amide bonds. The third-order valence-corrected chi connectivity index (χ3v) is 7.07. The van der Waals surface area contributed by atoms with Gasteiger partial charge in [0.2, 0.25) is 0 Å². The molecular formula is C23H25N3O3S. The largest absolute Gasteiger partial charge is 0.493 e. The molecule has 0 radical (unpaired) electrons. The van der Waals surface area contributed by atoms with Crippen molar-refractivity contribution in [3.63, 3.8) is 0 Å². The van der Waals surface area contributed by atoms with Gasteiger partial charge in [-0.25, -0.2) is 4.98 Å². The van der Waals surface area contributed by atoms with Crippen molar-refractivity contribution >= 4 is 17.2 Å². The number of benzene rings is 1. The Balaban J connectivity index is 1.71. The third kappa shape index (κ3) is 2.91. The lowest BCUT2D eigenvalue weighted by Gasteiger charge is -2.25. The topological polar surface area (TPSA) is 56.6 Å².